The van der Waals surface area contributed by atoms with E-state index in [1.807, 2.05) is 30.3 Å². The summed E-state index contributed by atoms with van der Waals surface area (Å²) in [5.74, 6) is -0.877. The first-order chi connectivity index (χ1) is 9.60. The molecule has 1 aromatic carbocycles. The van der Waals surface area contributed by atoms with Crippen LogP contribution in [0.2, 0.25) is 0 Å². The summed E-state index contributed by atoms with van der Waals surface area (Å²) >= 11 is 0. The molecule has 0 bridgehead atoms. The van der Waals surface area contributed by atoms with E-state index < -0.39 is 5.92 Å². The van der Waals surface area contributed by atoms with Gasteiger partial charge in [-0.25, -0.2) is 0 Å². The Morgan fingerprint density at radius 2 is 1.86 bits per heavy atom. The molecule has 0 aliphatic heterocycles. The van der Waals surface area contributed by atoms with Gasteiger partial charge < -0.3 is 15.4 Å². The Hall–Kier alpha value is -1.59. The first-order valence-electron chi connectivity index (χ1n) is 6.67. The number of amides is 1. The average Bonchev–Trinajstić information content (AvgIpc) is 2.49. The van der Waals surface area contributed by atoms with Gasteiger partial charge in [0.2, 0.25) is 5.91 Å². The van der Waals surface area contributed by atoms with Crippen LogP contribution >= 0.6 is 12.4 Å². The number of esters is 1. The molecule has 0 fully saturated rings. The molecular formula is C15H23ClN2O3. The van der Waals surface area contributed by atoms with Crippen molar-refractivity contribution in [2.45, 2.75) is 19.4 Å². The maximum Gasteiger partial charge on any atom is 0.310 e. The number of benzene rings is 1. The summed E-state index contributed by atoms with van der Waals surface area (Å²) in [6.07, 6.45) is 0.369. The van der Waals surface area contributed by atoms with Gasteiger partial charge in [0, 0.05) is 13.0 Å². The van der Waals surface area contributed by atoms with Crippen LogP contribution in [0.3, 0.4) is 0 Å². The Kier molecular flexibility index (Phi) is 9.41. The summed E-state index contributed by atoms with van der Waals surface area (Å²) in [7, 11) is 3.14. The molecule has 2 N–H and O–H groups in total. The van der Waals surface area contributed by atoms with Gasteiger partial charge in [-0.3, -0.25) is 9.59 Å². The zero-order valence-electron chi connectivity index (χ0n) is 12.6. The summed E-state index contributed by atoms with van der Waals surface area (Å²) in [6.45, 7) is 2.35. The van der Waals surface area contributed by atoms with E-state index in [2.05, 4.69) is 10.6 Å². The minimum Gasteiger partial charge on any atom is -0.469 e. The van der Waals surface area contributed by atoms with E-state index >= 15 is 0 Å². The minimum atomic E-state index is -0.444. The van der Waals surface area contributed by atoms with Gasteiger partial charge in [0.05, 0.1) is 19.1 Å². The monoisotopic (exact) mass is 314 g/mol. The molecule has 0 aliphatic carbocycles. The van der Waals surface area contributed by atoms with Crippen molar-refractivity contribution in [2.75, 3.05) is 20.7 Å². The molecule has 1 aromatic rings. The van der Waals surface area contributed by atoms with Crippen LogP contribution in [0.1, 0.15) is 24.9 Å². The van der Waals surface area contributed by atoms with Gasteiger partial charge in [-0.05, 0) is 19.5 Å². The maximum atomic E-state index is 11.9. The normalized spacial score (nSPS) is 12.7. The minimum absolute atomic E-state index is 0. The molecule has 0 radical (unpaired) electrons. The van der Waals surface area contributed by atoms with Crippen LogP contribution in [0.4, 0.5) is 0 Å². The van der Waals surface area contributed by atoms with E-state index in [4.69, 9.17) is 4.74 Å². The Balaban J connectivity index is 0.00000400. The Bertz CT molecular complexity index is 440. The molecule has 0 spiro atoms. The van der Waals surface area contributed by atoms with Crippen molar-refractivity contribution in [3.63, 3.8) is 0 Å². The molecule has 0 heterocycles. The lowest BCUT2D eigenvalue weighted by Crippen LogP contribution is -2.37. The standard InChI is InChI=1S/C15H22N2O3.ClH/c1-11(15(19)20-3)14(12-7-5-4-6-8-12)17-13(18)9-10-16-2;/h4-8,11,14,16H,9-10H2,1-3H3,(H,17,18);1H. The van der Waals surface area contributed by atoms with E-state index in [9.17, 15) is 9.59 Å². The van der Waals surface area contributed by atoms with Crippen LogP contribution in [0.5, 0.6) is 0 Å². The molecule has 5 nitrogen and oxygen atoms in total. The number of hydrogen-bond donors (Lipinski definition) is 2. The predicted octanol–water partition coefficient (Wildman–Crippen LogP) is 1.68. The molecule has 1 rings (SSSR count). The highest BCUT2D eigenvalue weighted by Gasteiger charge is 2.27. The van der Waals surface area contributed by atoms with Crippen molar-refractivity contribution >= 4 is 24.3 Å². The van der Waals surface area contributed by atoms with Crippen molar-refractivity contribution < 1.29 is 14.3 Å². The highest BCUT2D eigenvalue weighted by molar-refractivity contribution is 5.85. The Morgan fingerprint density at radius 1 is 1.24 bits per heavy atom. The van der Waals surface area contributed by atoms with Gasteiger partial charge >= 0.3 is 5.97 Å². The van der Waals surface area contributed by atoms with Crippen LogP contribution < -0.4 is 10.6 Å². The fraction of sp³-hybridized carbons (Fsp3) is 0.467. The quantitative estimate of drug-likeness (QED) is 0.752. The van der Waals surface area contributed by atoms with Crippen LogP contribution in [0.25, 0.3) is 0 Å². The van der Waals surface area contributed by atoms with Crippen LogP contribution in [-0.4, -0.2) is 32.6 Å². The second kappa shape index (κ2) is 10.2. The van der Waals surface area contributed by atoms with Crippen LogP contribution in [0, 0.1) is 5.92 Å². The lowest BCUT2D eigenvalue weighted by molar-refractivity contribution is -0.146. The summed E-state index contributed by atoms with van der Waals surface area (Å²) < 4.78 is 4.77. The van der Waals surface area contributed by atoms with Crippen LogP contribution in [0.15, 0.2) is 30.3 Å². The number of nitrogens with one attached hydrogen (secondary N) is 2. The molecule has 0 saturated carbocycles. The highest BCUT2D eigenvalue weighted by Crippen LogP contribution is 2.23. The van der Waals surface area contributed by atoms with Gasteiger partial charge in [0.15, 0.2) is 0 Å². The van der Waals surface area contributed by atoms with Gasteiger partial charge in [-0.1, -0.05) is 30.3 Å². The second-order valence-electron chi connectivity index (χ2n) is 4.62. The van der Waals surface area contributed by atoms with Gasteiger partial charge in [0.1, 0.15) is 0 Å². The third kappa shape index (κ3) is 6.14. The topological polar surface area (TPSA) is 67.4 Å². The zero-order valence-corrected chi connectivity index (χ0v) is 13.4. The summed E-state index contributed by atoms with van der Waals surface area (Å²) in [5, 5.41) is 5.83. The molecular weight excluding hydrogens is 292 g/mol. The molecule has 0 aliphatic rings. The second-order valence-corrected chi connectivity index (χ2v) is 4.62. The van der Waals surface area contributed by atoms with Gasteiger partial charge in [-0.15, -0.1) is 12.4 Å². The average molecular weight is 315 g/mol. The number of carbonyl (C=O) groups excluding carboxylic acids is 2. The van der Waals surface area contributed by atoms with Crippen molar-refractivity contribution in [3.05, 3.63) is 35.9 Å². The highest BCUT2D eigenvalue weighted by atomic mass is 35.5. The molecule has 2 unspecified atom stereocenters. The first-order valence-corrected chi connectivity index (χ1v) is 6.67. The molecule has 1 amide bonds. The van der Waals surface area contributed by atoms with Crippen molar-refractivity contribution in [2.24, 2.45) is 5.92 Å². The molecule has 2 atom stereocenters. The maximum absolute atomic E-state index is 11.9. The number of carbonyl (C=O) groups is 2. The largest absolute Gasteiger partial charge is 0.469 e. The van der Waals surface area contributed by atoms with Crippen molar-refractivity contribution in [1.29, 1.82) is 0 Å². The number of methoxy groups -OCH3 is 1. The van der Waals surface area contributed by atoms with Crippen LogP contribution in [-0.2, 0) is 14.3 Å². The fourth-order valence-electron chi connectivity index (χ4n) is 1.96. The van der Waals surface area contributed by atoms with E-state index in [1.165, 1.54) is 7.11 Å². The molecule has 118 valence electrons. The lowest BCUT2D eigenvalue weighted by atomic mass is 9.94. The number of halogens is 1. The smallest absolute Gasteiger partial charge is 0.310 e. The van der Waals surface area contributed by atoms with E-state index in [-0.39, 0.29) is 30.3 Å². The van der Waals surface area contributed by atoms with Crippen molar-refractivity contribution in [1.82, 2.24) is 10.6 Å². The molecule has 0 saturated heterocycles. The summed E-state index contributed by atoms with van der Waals surface area (Å²) in [4.78, 5) is 23.6. The third-order valence-corrected chi connectivity index (χ3v) is 3.15. The number of ether oxygens (including phenoxy) is 1. The van der Waals surface area contributed by atoms with Crippen molar-refractivity contribution in [3.8, 4) is 0 Å². The molecule has 0 aromatic heterocycles. The first kappa shape index (κ1) is 19.4. The number of rotatable bonds is 7. The van der Waals surface area contributed by atoms with E-state index in [0.29, 0.717) is 13.0 Å². The molecule has 6 heteroatoms. The Labute approximate surface area is 131 Å². The summed E-state index contributed by atoms with van der Waals surface area (Å²) in [6, 6.07) is 9.06. The third-order valence-electron chi connectivity index (χ3n) is 3.15. The van der Waals surface area contributed by atoms with E-state index in [1.54, 1.807) is 14.0 Å². The summed E-state index contributed by atoms with van der Waals surface area (Å²) in [5.41, 5.74) is 0.892. The lowest BCUT2D eigenvalue weighted by Gasteiger charge is -2.24. The zero-order chi connectivity index (χ0) is 15.0. The van der Waals surface area contributed by atoms with Gasteiger partial charge in [0.25, 0.3) is 0 Å². The van der Waals surface area contributed by atoms with E-state index in [0.717, 1.165) is 5.56 Å². The number of hydrogen-bond acceptors (Lipinski definition) is 4. The van der Waals surface area contributed by atoms with Gasteiger partial charge in [-0.2, -0.15) is 0 Å². The molecule has 21 heavy (non-hydrogen) atoms. The predicted molar refractivity (Wildman–Crippen MR) is 84.3 cm³/mol. The SMILES string of the molecule is CNCCC(=O)NC(c1ccccc1)C(C)C(=O)OC.Cl. The fourth-order valence-corrected chi connectivity index (χ4v) is 1.96. The Morgan fingerprint density at radius 3 is 2.38 bits per heavy atom.